The summed E-state index contributed by atoms with van der Waals surface area (Å²) in [5.41, 5.74) is 0. The number of hydrogen-bond acceptors (Lipinski definition) is 2. The van der Waals surface area contributed by atoms with Crippen LogP contribution in [0.1, 0.15) is 25.7 Å². The largest absolute Gasteiger partial charge is 0.351 e. The van der Waals surface area contributed by atoms with Gasteiger partial charge in [-0.3, -0.25) is 4.79 Å². The molecule has 2 N–H and O–H groups in total. The van der Waals surface area contributed by atoms with Gasteiger partial charge in [-0.15, -0.1) is 0 Å². The van der Waals surface area contributed by atoms with Crippen LogP contribution < -0.4 is 10.6 Å². The van der Waals surface area contributed by atoms with E-state index in [1.165, 1.54) is 6.42 Å². The second kappa shape index (κ2) is 6.85. The molecule has 86 valence electrons. The van der Waals surface area contributed by atoms with E-state index in [2.05, 4.69) is 17.2 Å². The van der Waals surface area contributed by atoms with Crippen molar-refractivity contribution in [3.63, 3.8) is 0 Å². The van der Waals surface area contributed by atoms with Gasteiger partial charge in [-0.05, 0) is 38.3 Å². The van der Waals surface area contributed by atoms with Crippen molar-refractivity contribution in [1.29, 1.82) is 0 Å². The number of amides is 1. The summed E-state index contributed by atoms with van der Waals surface area (Å²) in [5.74, 6) is 0.604. The van der Waals surface area contributed by atoms with Crippen molar-refractivity contribution in [3.05, 3.63) is 11.6 Å². The molecule has 1 aliphatic heterocycles. The summed E-state index contributed by atoms with van der Waals surface area (Å²) in [5, 5.41) is 6.57. The maximum atomic E-state index is 11.5. The molecule has 1 rings (SSSR count). The van der Waals surface area contributed by atoms with Crippen LogP contribution in [0, 0.1) is 5.92 Å². The van der Waals surface area contributed by atoms with Gasteiger partial charge in [-0.2, -0.15) is 0 Å². The molecule has 1 saturated heterocycles. The van der Waals surface area contributed by atoms with Gasteiger partial charge >= 0.3 is 0 Å². The number of carbonyl (C=O) groups is 1. The van der Waals surface area contributed by atoms with Gasteiger partial charge in [0.1, 0.15) is 0 Å². The van der Waals surface area contributed by atoms with Gasteiger partial charge in [0.05, 0.1) is 6.54 Å². The predicted molar refractivity (Wildman–Crippen MR) is 62.8 cm³/mol. The van der Waals surface area contributed by atoms with E-state index in [9.17, 15) is 4.79 Å². The molecule has 4 heteroatoms. The molecule has 1 fully saturated rings. The summed E-state index contributed by atoms with van der Waals surface area (Å²) in [4.78, 5) is 11.5. The Morgan fingerprint density at radius 1 is 1.47 bits per heavy atom. The smallest absolute Gasteiger partial charge is 0.220 e. The van der Waals surface area contributed by atoms with Gasteiger partial charge in [0.2, 0.25) is 5.91 Å². The Morgan fingerprint density at radius 2 is 2.27 bits per heavy atom. The van der Waals surface area contributed by atoms with Crippen LogP contribution in [0.5, 0.6) is 0 Å². The first-order chi connectivity index (χ1) is 7.18. The number of halogens is 1. The van der Waals surface area contributed by atoms with Crippen molar-refractivity contribution in [2.24, 2.45) is 5.92 Å². The summed E-state index contributed by atoms with van der Waals surface area (Å²) in [7, 11) is 0. The maximum Gasteiger partial charge on any atom is 0.220 e. The van der Waals surface area contributed by atoms with E-state index in [0.717, 1.165) is 25.9 Å². The number of nitrogens with one attached hydrogen (secondary N) is 2. The van der Waals surface area contributed by atoms with Crippen LogP contribution in [-0.2, 0) is 4.79 Å². The lowest BCUT2D eigenvalue weighted by Gasteiger charge is -2.12. The highest BCUT2D eigenvalue weighted by atomic mass is 35.5. The van der Waals surface area contributed by atoms with Crippen LogP contribution in [0.2, 0.25) is 0 Å². The molecule has 0 aromatic heterocycles. The Bertz CT molecular complexity index is 223. The molecule has 1 aliphatic rings. The monoisotopic (exact) mass is 230 g/mol. The van der Waals surface area contributed by atoms with E-state index in [1.807, 2.05) is 0 Å². The van der Waals surface area contributed by atoms with E-state index in [1.54, 1.807) is 0 Å². The Hall–Kier alpha value is -0.540. The van der Waals surface area contributed by atoms with E-state index in [-0.39, 0.29) is 5.91 Å². The minimum Gasteiger partial charge on any atom is -0.351 e. The lowest BCUT2D eigenvalue weighted by atomic mass is 9.96. The van der Waals surface area contributed by atoms with E-state index in [0.29, 0.717) is 23.9 Å². The third kappa shape index (κ3) is 5.80. The molecule has 1 atom stereocenters. The topological polar surface area (TPSA) is 41.1 Å². The first-order valence-corrected chi connectivity index (χ1v) is 5.87. The molecule has 0 bridgehead atoms. The number of hydrogen-bond donors (Lipinski definition) is 2. The summed E-state index contributed by atoms with van der Waals surface area (Å²) < 4.78 is 0. The molecule has 3 nitrogen and oxygen atoms in total. The zero-order valence-electron chi connectivity index (χ0n) is 9.02. The van der Waals surface area contributed by atoms with Crippen LogP contribution in [0.3, 0.4) is 0 Å². The molecule has 0 aromatic rings. The highest BCUT2D eigenvalue weighted by molar-refractivity contribution is 6.29. The molecule has 0 radical (unpaired) electrons. The zero-order chi connectivity index (χ0) is 11.1. The average molecular weight is 231 g/mol. The van der Waals surface area contributed by atoms with Crippen molar-refractivity contribution in [1.82, 2.24) is 10.6 Å². The van der Waals surface area contributed by atoms with Crippen LogP contribution in [0.25, 0.3) is 0 Å². The first kappa shape index (κ1) is 12.5. The van der Waals surface area contributed by atoms with Crippen molar-refractivity contribution < 1.29 is 4.79 Å². The predicted octanol–water partition coefficient (Wildman–Crippen LogP) is 1.63. The van der Waals surface area contributed by atoms with E-state index in [4.69, 9.17) is 11.6 Å². The second-order valence-corrected chi connectivity index (χ2v) is 4.58. The highest BCUT2D eigenvalue weighted by Gasteiger charge is 2.15. The zero-order valence-corrected chi connectivity index (χ0v) is 9.78. The standard InChI is InChI=1S/C11H19ClN2O/c1-9(12)8-14-11(15)7-10-3-2-5-13-6-4-10/h10,13H,1-8H2,(H,14,15). The van der Waals surface area contributed by atoms with E-state index < -0.39 is 0 Å². The molecule has 0 aliphatic carbocycles. The molecule has 0 spiro atoms. The van der Waals surface area contributed by atoms with Crippen molar-refractivity contribution in [3.8, 4) is 0 Å². The maximum absolute atomic E-state index is 11.5. The van der Waals surface area contributed by atoms with Crippen molar-refractivity contribution in [2.45, 2.75) is 25.7 Å². The minimum atomic E-state index is 0.0868. The highest BCUT2D eigenvalue weighted by Crippen LogP contribution is 2.17. The summed E-state index contributed by atoms with van der Waals surface area (Å²) in [6, 6.07) is 0. The Morgan fingerprint density at radius 3 is 3.00 bits per heavy atom. The van der Waals surface area contributed by atoms with E-state index >= 15 is 0 Å². The molecule has 0 aromatic carbocycles. The second-order valence-electron chi connectivity index (χ2n) is 4.05. The first-order valence-electron chi connectivity index (χ1n) is 5.49. The van der Waals surface area contributed by atoms with Crippen molar-refractivity contribution >= 4 is 17.5 Å². The molecule has 1 heterocycles. The SMILES string of the molecule is C=C(Cl)CNC(=O)CC1CCCNCC1. The van der Waals surface area contributed by atoms with Gasteiger partial charge in [-0.25, -0.2) is 0 Å². The third-order valence-corrected chi connectivity index (χ3v) is 2.78. The Balaban J connectivity index is 2.20. The van der Waals surface area contributed by atoms with Crippen molar-refractivity contribution in [2.75, 3.05) is 19.6 Å². The van der Waals surface area contributed by atoms with Crippen LogP contribution >= 0.6 is 11.6 Å². The third-order valence-electron chi connectivity index (χ3n) is 2.65. The fourth-order valence-electron chi connectivity index (χ4n) is 1.82. The summed E-state index contributed by atoms with van der Waals surface area (Å²) in [6.07, 6.45) is 4.02. The fourth-order valence-corrected chi connectivity index (χ4v) is 1.89. The minimum absolute atomic E-state index is 0.0868. The van der Waals surface area contributed by atoms with Gasteiger partial charge in [0, 0.05) is 11.5 Å². The van der Waals surface area contributed by atoms with Gasteiger partial charge in [0.15, 0.2) is 0 Å². The van der Waals surface area contributed by atoms with Gasteiger partial charge in [0.25, 0.3) is 0 Å². The Labute approximate surface area is 96.3 Å². The summed E-state index contributed by atoms with van der Waals surface area (Å²) >= 11 is 5.57. The lowest BCUT2D eigenvalue weighted by Crippen LogP contribution is -2.26. The average Bonchev–Trinajstić information content (AvgIpc) is 2.43. The lowest BCUT2D eigenvalue weighted by molar-refractivity contribution is -0.121. The molecule has 0 saturated carbocycles. The number of rotatable bonds is 4. The molecule has 1 unspecified atom stereocenters. The Kier molecular flexibility index (Phi) is 5.73. The quantitative estimate of drug-likeness (QED) is 0.771. The molecular weight excluding hydrogens is 212 g/mol. The van der Waals surface area contributed by atoms with Gasteiger partial charge < -0.3 is 10.6 Å². The van der Waals surface area contributed by atoms with Crippen LogP contribution in [0.15, 0.2) is 11.6 Å². The summed E-state index contributed by atoms with van der Waals surface area (Å²) in [6.45, 7) is 6.02. The number of carbonyl (C=O) groups excluding carboxylic acids is 1. The molecule has 15 heavy (non-hydrogen) atoms. The van der Waals surface area contributed by atoms with Crippen LogP contribution in [0.4, 0.5) is 0 Å². The normalized spacial score (nSPS) is 21.8. The molecule has 1 amide bonds. The molecular formula is C11H19ClN2O. The fraction of sp³-hybridized carbons (Fsp3) is 0.727. The van der Waals surface area contributed by atoms with Crippen LogP contribution in [-0.4, -0.2) is 25.5 Å². The van der Waals surface area contributed by atoms with Gasteiger partial charge in [-0.1, -0.05) is 18.2 Å².